The van der Waals surface area contributed by atoms with Crippen molar-refractivity contribution in [1.82, 2.24) is 10.4 Å². The van der Waals surface area contributed by atoms with E-state index in [1.54, 1.807) is 6.07 Å². The Labute approximate surface area is 198 Å². The number of nitrogens with zero attached hydrogens (tertiary/aromatic N) is 2. The summed E-state index contributed by atoms with van der Waals surface area (Å²) in [5.74, 6) is 1.18. The summed E-state index contributed by atoms with van der Waals surface area (Å²) >= 11 is 0.770. The second kappa shape index (κ2) is 10.3. The Balaban J connectivity index is 1.57. The molecule has 0 bridgehead atoms. The van der Waals surface area contributed by atoms with Gasteiger partial charge in [0.2, 0.25) is 0 Å². The summed E-state index contributed by atoms with van der Waals surface area (Å²) in [7, 11) is 0. The van der Waals surface area contributed by atoms with Crippen molar-refractivity contribution in [2.45, 2.75) is 51.9 Å². The van der Waals surface area contributed by atoms with Crippen LogP contribution in [-0.2, 0) is 0 Å². The number of fused-ring (bicyclic) bond motifs is 1. The topological polar surface area (TPSA) is 92.7 Å². The number of hydrogen-bond acceptors (Lipinski definition) is 5. The predicted molar refractivity (Wildman–Crippen MR) is 134 cm³/mol. The fraction of sp³-hybridized carbons (Fsp3) is 0.346. The second-order valence-electron chi connectivity index (χ2n) is 8.75. The zero-order valence-corrected chi connectivity index (χ0v) is 19.9. The van der Waals surface area contributed by atoms with Gasteiger partial charge in [0.25, 0.3) is 11.9 Å². The van der Waals surface area contributed by atoms with Crippen molar-refractivity contribution in [2.75, 3.05) is 0 Å². The Hall–Kier alpha value is -3.06. The molecule has 1 fully saturated rings. The maximum atomic E-state index is 12.7. The molecule has 33 heavy (non-hydrogen) atoms. The van der Waals surface area contributed by atoms with Gasteiger partial charge in [-0.1, -0.05) is 55.2 Å². The van der Waals surface area contributed by atoms with Gasteiger partial charge < -0.3 is 0 Å². The van der Waals surface area contributed by atoms with Crippen LogP contribution in [0.15, 0.2) is 48.5 Å². The molecule has 170 valence electrons. The molecule has 0 radical (unpaired) electrons. The number of hydrogen-bond donors (Lipinski definition) is 3. The fourth-order valence-electron chi connectivity index (χ4n) is 4.81. The normalized spacial score (nSPS) is 18.1. The molecule has 1 aliphatic carbocycles. The van der Waals surface area contributed by atoms with Gasteiger partial charge in [0.05, 0.1) is 15.3 Å². The Bertz CT molecular complexity index is 1180. The summed E-state index contributed by atoms with van der Waals surface area (Å²) in [6.07, 6.45) is 6.56. The number of carbonyl (C=O) groups is 1. The van der Waals surface area contributed by atoms with Crippen molar-refractivity contribution in [3.63, 3.8) is 0 Å². The second-order valence-corrected chi connectivity index (χ2v) is 9.56. The van der Waals surface area contributed by atoms with E-state index >= 15 is 0 Å². The lowest BCUT2D eigenvalue weighted by atomic mass is 9.77. The number of nitrogens with one attached hydrogen (secondary N) is 3. The number of aryl methyl sites for hydroxylation is 1. The number of hydrazine groups is 1. The highest BCUT2D eigenvalue weighted by molar-refractivity contribution is 8.06. The fourth-order valence-corrected chi connectivity index (χ4v) is 5.05. The lowest BCUT2D eigenvalue weighted by Crippen LogP contribution is -2.29. The van der Waals surface area contributed by atoms with Gasteiger partial charge in [-0.05, 0) is 78.8 Å². The molecule has 2 aromatic carbocycles. The largest absolute Gasteiger partial charge is 0.309 e. The van der Waals surface area contributed by atoms with E-state index in [1.807, 2.05) is 25.1 Å². The molecule has 0 saturated heterocycles. The van der Waals surface area contributed by atoms with E-state index in [9.17, 15) is 4.79 Å². The minimum Gasteiger partial charge on any atom is -0.296 e. The highest BCUT2D eigenvalue weighted by atomic mass is 32.2. The molecule has 3 aromatic rings. The van der Waals surface area contributed by atoms with Gasteiger partial charge >= 0.3 is 5.91 Å². The van der Waals surface area contributed by atoms with Crippen LogP contribution in [0.4, 0.5) is 0 Å². The molecule has 0 aliphatic heterocycles. The van der Waals surface area contributed by atoms with Gasteiger partial charge in [0, 0.05) is 11.1 Å². The molecular weight excluding hydrogens is 430 g/mol. The van der Waals surface area contributed by atoms with Crippen molar-refractivity contribution in [3.05, 3.63) is 65.4 Å². The molecule has 1 saturated carbocycles. The molecule has 1 aliphatic rings. The summed E-state index contributed by atoms with van der Waals surface area (Å²) in [5, 5.41) is 7.79. The first-order valence-corrected chi connectivity index (χ1v) is 12.3. The van der Waals surface area contributed by atoms with Crippen LogP contribution in [0.25, 0.3) is 22.0 Å². The van der Waals surface area contributed by atoms with Gasteiger partial charge in [0.1, 0.15) is 5.55 Å². The SMILES string of the molecule is CCC1CCC(c2ccc(-c3ccc4c(C(=O)N[N+](=N)SC=N)cc(C)nc4c3)cc2)CC1. The van der Waals surface area contributed by atoms with Gasteiger partial charge in [-0.25, -0.2) is 0 Å². The molecular formula is C26H30N5OS+. The molecule has 0 unspecified atom stereocenters. The van der Waals surface area contributed by atoms with E-state index in [0.29, 0.717) is 11.5 Å². The van der Waals surface area contributed by atoms with Crippen molar-refractivity contribution < 1.29 is 9.01 Å². The van der Waals surface area contributed by atoms with Crippen molar-refractivity contribution in [3.8, 4) is 11.1 Å². The minimum absolute atomic E-state index is 0.398. The third-order valence-corrected chi connectivity index (χ3v) is 7.09. The molecule has 1 aromatic heterocycles. The van der Waals surface area contributed by atoms with Crippen LogP contribution in [0.3, 0.4) is 0 Å². The molecule has 3 N–H and O–H groups in total. The Morgan fingerprint density at radius 2 is 1.82 bits per heavy atom. The third kappa shape index (κ3) is 5.30. The molecule has 4 rings (SSSR count). The zero-order valence-electron chi connectivity index (χ0n) is 19.1. The first-order valence-electron chi connectivity index (χ1n) is 11.5. The van der Waals surface area contributed by atoms with Gasteiger partial charge in [-0.2, -0.15) is 0 Å². The summed E-state index contributed by atoms with van der Waals surface area (Å²) in [4.78, 5) is 17.3. The van der Waals surface area contributed by atoms with Crippen LogP contribution in [0.2, 0.25) is 0 Å². The maximum Gasteiger partial charge on any atom is 0.309 e. The standard InChI is InChI=1S/C26H29N5OS/c1-3-18-4-6-19(7-5-18)20-8-10-21(11-9-20)22-12-13-23-24(14-17(2)29-25(23)15-22)26(32)30-31(28)33-16-27/h8-16,18-19,27H,3-7H2,1-2H3,(H-,28,30,32)/p+1. The smallest absolute Gasteiger partial charge is 0.296 e. The molecule has 1 heterocycles. The average molecular weight is 461 g/mol. The van der Waals surface area contributed by atoms with E-state index in [2.05, 4.69) is 41.6 Å². The maximum absolute atomic E-state index is 12.7. The van der Waals surface area contributed by atoms with E-state index < -0.39 is 5.91 Å². The van der Waals surface area contributed by atoms with E-state index in [1.165, 1.54) is 37.7 Å². The predicted octanol–water partition coefficient (Wildman–Crippen LogP) is 6.84. The highest BCUT2D eigenvalue weighted by Gasteiger charge is 2.21. The molecule has 0 atom stereocenters. The van der Waals surface area contributed by atoms with Gasteiger partial charge in [0.15, 0.2) is 0 Å². The molecule has 6 nitrogen and oxygen atoms in total. The minimum atomic E-state index is -0.398. The van der Waals surface area contributed by atoms with Crippen LogP contribution < -0.4 is 5.43 Å². The summed E-state index contributed by atoms with van der Waals surface area (Å²) in [6, 6.07) is 16.6. The average Bonchev–Trinajstić information content (AvgIpc) is 2.83. The first kappa shape index (κ1) is 23.1. The highest BCUT2D eigenvalue weighted by Crippen LogP contribution is 2.37. The zero-order chi connectivity index (χ0) is 23.4. The van der Waals surface area contributed by atoms with E-state index in [0.717, 1.165) is 55.3 Å². The molecule has 7 heteroatoms. The van der Waals surface area contributed by atoms with Crippen LogP contribution in [0.5, 0.6) is 0 Å². The Morgan fingerprint density at radius 3 is 2.48 bits per heavy atom. The molecule has 1 amide bonds. The lowest BCUT2D eigenvalue weighted by molar-refractivity contribution is -0.496. The Morgan fingerprint density at radius 1 is 1.12 bits per heavy atom. The number of aromatic nitrogens is 1. The number of amides is 1. The van der Waals surface area contributed by atoms with Crippen molar-refractivity contribution in [1.29, 1.82) is 10.9 Å². The van der Waals surface area contributed by atoms with Crippen LogP contribution in [-0.4, -0.2) is 20.6 Å². The number of rotatable bonds is 7. The lowest BCUT2D eigenvalue weighted by Gasteiger charge is -2.28. The van der Waals surface area contributed by atoms with Gasteiger partial charge in [-0.15, -0.1) is 0 Å². The van der Waals surface area contributed by atoms with E-state index in [4.69, 9.17) is 10.9 Å². The van der Waals surface area contributed by atoms with Crippen LogP contribution in [0, 0.1) is 23.8 Å². The summed E-state index contributed by atoms with van der Waals surface area (Å²) in [6.45, 7) is 4.16. The number of benzene rings is 2. The first-order chi connectivity index (χ1) is 16.0. The van der Waals surface area contributed by atoms with E-state index in [-0.39, 0.29) is 0 Å². The van der Waals surface area contributed by atoms with Gasteiger partial charge in [-0.3, -0.25) is 15.2 Å². The third-order valence-electron chi connectivity index (χ3n) is 6.68. The number of carbonyl (C=O) groups excluding carboxylic acids is 1. The van der Waals surface area contributed by atoms with Crippen molar-refractivity contribution >= 4 is 34.3 Å². The molecule has 0 spiro atoms. The van der Waals surface area contributed by atoms with Crippen molar-refractivity contribution in [2.24, 2.45) is 5.92 Å². The summed E-state index contributed by atoms with van der Waals surface area (Å²) < 4.78 is 0.765. The Kier molecular flexibility index (Phi) is 7.18. The van der Waals surface area contributed by atoms with Crippen LogP contribution >= 0.6 is 11.9 Å². The summed E-state index contributed by atoms with van der Waals surface area (Å²) in [5.41, 5.74) is 16.7. The number of pyridine rings is 1. The van der Waals surface area contributed by atoms with Crippen LogP contribution in [0.1, 0.15) is 66.6 Å². The quantitative estimate of drug-likeness (QED) is 0.0900. The monoisotopic (exact) mass is 460 g/mol.